The minimum atomic E-state index is -0.549. The molecule has 0 spiro atoms. The minimum Gasteiger partial charge on any atom is -0.468 e. The SMILES string of the molecule is C=CC[C@H]1CCCC(=O)[C@H]1C(=O)OC. The van der Waals surface area contributed by atoms with E-state index < -0.39 is 5.92 Å². The first-order valence-electron chi connectivity index (χ1n) is 4.92. The highest BCUT2D eigenvalue weighted by molar-refractivity contribution is 5.99. The van der Waals surface area contributed by atoms with Gasteiger partial charge in [-0.3, -0.25) is 9.59 Å². The Morgan fingerprint density at radius 1 is 1.71 bits per heavy atom. The predicted octanol–water partition coefficient (Wildman–Crippen LogP) is 1.72. The number of ether oxygens (including phenoxy) is 1. The van der Waals surface area contributed by atoms with Crippen molar-refractivity contribution in [2.75, 3.05) is 7.11 Å². The molecule has 0 aromatic heterocycles. The fourth-order valence-electron chi connectivity index (χ4n) is 2.04. The standard InChI is InChI=1S/C11H16O3/c1-3-5-8-6-4-7-9(12)10(8)11(13)14-2/h3,8,10H,1,4-7H2,2H3/t8-,10-/m0/s1. The molecule has 0 aliphatic heterocycles. The van der Waals surface area contributed by atoms with Gasteiger partial charge in [0.1, 0.15) is 11.7 Å². The number of carbonyl (C=O) groups is 2. The van der Waals surface area contributed by atoms with Gasteiger partial charge in [0, 0.05) is 6.42 Å². The minimum absolute atomic E-state index is 0.0231. The van der Waals surface area contributed by atoms with E-state index in [4.69, 9.17) is 0 Å². The lowest BCUT2D eigenvalue weighted by Crippen LogP contribution is -2.35. The third-order valence-electron chi connectivity index (χ3n) is 2.74. The number of hydrogen-bond acceptors (Lipinski definition) is 3. The molecule has 0 aromatic carbocycles. The zero-order valence-corrected chi connectivity index (χ0v) is 8.49. The van der Waals surface area contributed by atoms with E-state index in [1.807, 2.05) is 0 Å². The molecule has 1 saturated carbocycles. The topological polar surface area (TPSA) is 43.4 Å². The van der Waals surface area contributed by atoms with Crippen LogP contribution in [-0.4, -0.2) is 18.9 Å². The van der Waals surface area contributed by atoms with E-state index in [0.29, 0.717) is 12.8 Å². The molecule has 1 aliphatic rings. The van der Waals surface area contributed by atoms with Gasteiger partial charge in [-0.15, -0.1) is 6.58 Å². The molecule has 2 atom stereocenters. The molecule has 0 amide bonds. The molecular formula is C11H16O3. The lowest BCUT2D eigenvalue weighted by Gasteiger charge is -2.27. The number of rotatable bonds is 3. The number of carbonyl (C=O) groups excluding carboxylic acids is 2. The number of methoxy groups -OCH3 is 1. The van der Waals surface area contributed by atoms with Gasteiger partial charge < -0.3 is 4.74 Å². The number of hydrogen-bond donors (Lipinski definition) is 0. The molecule has 3 heteroatoms. The summed E-state index contributed by atoms with van der Waals surface area (Å²) in [6, 6.07) is 0. The third-order valence-corrected chi connectivity index (χ3v) is 2.74. The molecule has 0 N–H and O–H groups in total. The summed E-state index contributed by atoms with van der Waals surface area (Å²) in [6.07, 6.45) is 4.78. The van der Waals surface area contributed by atoms with Crippen LogP contribution < -0.4 is 0 Å². The monoisotopic (exact) mass is 196 g/mol. The van der Waals surface area contributed by atoms with Crippen LogP contribution in [0.2, 0.25) is 0 Å². The molecule has 1 fully saturated rings. The average molecular weight is 196 g/mol. The highest BCUT2D eigenvalue weighted by Gasteiger charge is 2.37. The Balaban J connectivity index is 2.75. The van der Waals surface area contributed by atoms with E-state index in [0.717, 1.165) is 12.8 Å². The van der Waals surface area contributed by atoms with Gasteiger partial charge in [-0.1, -0.05) is 6.08 Å². The van der Waals surface area contributed by atoms with E-state index in [-0.39, 0.29) is 17.7 Å². The normalized spacial score (nSPS) is 27.1. The summed E-state index contributed by atoms with van der Waals surface area (Å²) in [7, 11) is 1.33. The molecule has 0 unspecified atom stereocenters. The quantitative estimate of drug-likeness (QED) is 0.392. The van der Waals surface area contributed by atoms with Crippen LogP contribution in [0.15, 0.2) is 12.7 Å². The highest BCUT2D eigenvalue weighted by Crippen LogP contribution is 2.30. The first kappa shape index (κ1) is 11.0. The number of Topliss-reactive ketones (excluding diaryl/α,β-unsaturated/α-hetero) is 1. The number of allylic oxidation sites excluding steroid dienone is 1. The van der Waals surface area contributed by atoms with Crippen LogP contribution in [0.4, 0.5) is 0 Å². The lowest BCUT2D eigenvalue weighted by molar-refractivity contribution is -0.153. The molecule has 1 rings (SSSR count). The van der Waals surface area contributed by atoms with Crippen molar-refractivity contribution in [2.45, 2.75) is 25.7 Å². The summed E-state index contributed by atoms with van der Waals surface area (Å²) in [5.74, 6) is -0.815. The second-order valence-corrected chi connectivity index (χ2v) is 3.64. The molecule has 3 nitrogen and oxygen atoms in total. The van der Waals surface area contributed by atoms with Crippen LogP contribution in [-0.2, 0) is 14.3 Å². The third kappa shape index (κ3) is 2.22. The van der Waals surface area contributed by atoms with Crippen LogP contribution in [0, 0.1) is 11.8 Å². The van der Waals surface area contributed by atoms with Crippen molar-refractivity contribution in [3.63, 3.8) is 0 Å². The van der Waals surface area contributed by atoms with E-state index in [9.17, 15) is 9.59 Å². The Morgan fingerprint density at radius 2 is 2.43 bits per heavy atom. The molecule has 0 aromatic rings. The largest absolute Gasteiger partial charge is 0.468 e. The summed E-state index contributed by atoms with van der Waals surface area (Å²) < 4.78 is 4.64. The van der Waals surface area contributed by atoms with Crippen LogP contribution in [0.1, 0.15) is 25.7 Å². The predicted molar refractivity (Wildman–Crippen MR) is 52.7 cm³/mol. The van der Waals surface area contributed by atoms with Crippen LogP contribution in [0.3, 0.4) is 0 Å². The smallest absolute Gasteiger partial charge is 0.316 e. The Kier molecular flexibility index (Phi) is 3.86. The zero-order valence-electron chi connectivity index (χ0n) is 8.49. The first-order chi connectivity index (χ1) is 6.70. The second-order valence-electron chi connectivity index (χ2n) is 3.64. The molecule has 0 radical (unpaired) electrons. The van der Waals surface area contributed by atoms with Crippen molar-refractivity contribution in [1.82, 2.24) is 0 Å². The van der Waals surface area contributed by atoms with Gasteiger partial charge in [-0.05, 0) is 25.2 Å². The number of esters is 1. The molecular weight excluding hydrogens is 180 g/mol. The van der Waals surface area contributed by atoms with Crippen molar-refractivity contribution in [2.24, 2.45) is 11.8 Å². The second kappa shape index (κ2) is 4.94. The maximum atomic E-state index is 11.5. The van der Waals surface area contributed by atoms with Crippen molar-refractivity contribution >= 4 is 11.8 Å². The Morgan fingerprint density at radius 3 is 3.00 bits per heavy atom. The fraction of sp³-hybridized carbons (Fsp3) is 0.636. The molecule has 1 aliphatic carbocycles. The van der Waals surface area contributed by atoms with Gasteiger partial charge in [0.2, 0.25) is 0 Å². The van der Waals surface area contributed by atoms with Crippen LogP contribution in [0.5, 0.6) is 0 Å². The molecule has 14 heavy (non-hydrogen) atoms. The summed E-state index contributed by atoms with van der Waals surface area (Å²) in [5, 5.41) is 0. The molecule has 0 bridgehead atoms. The Hall–Kier alpha value is -1.12. The zero-order chi connectivity index (χ0) is 10.6. The summed E-state index contributed by atoms with van der Waals surface area (Å²) >= 11 is 0. The van der Waals surface area contributed by atoms with Crippen LogP contribution >= 0.6 is 0 Å². The van der Waals surface area contributed by atoms with E-state index in [1.165, 1.54) is 7.11 Å². The van der Waals surface area contributed by atoms with E-state index in [1.54, 1.807) is 6.08 Å². The Bertz CT molecular complexity index is 237. The molecule has 78 valence electrons. The lowest BCUT2D eigenvalue weighted by atomic mass is 9.76. The maximum Gasteiger partial charge on any atom is 0.316 e. The summed E-state index contributed by atoms with van der Waals surface area (Å²) in [5.41, 5.74) is 0. The van der Waals surface area contributed by atoms with E-state index >= 15 is 0 Å². The molecule has 0 saturated heterocycles. The average Bonchev–Trinajstić information content (AvgIpc) is 2.18. The van der Waals surface area contributed by atoms with Crippen LogP contribution in [0.25, 0.3) is 0 Å². The van der Waals surface area contributed by atoms with E-state index in [2.05, 4.69) is 11.3 Å². The van der Waals surface area contributed by atoms with Crippen molar-refractivity contribution in [1.29, 1.82) is 0 Å². The Labute approximate surface area is 84.1 Å². The van der Waals surface area contributed by atoms with Gasteiger partial charge in [-0.2, -0.15) is 0 Å². The van der Waals surface area contributed by atoms with Crippen molar-refractivity contribution in [3.05, 3.63) is 12.7 Å². The van der Waals surface area contributed by atoms with Gasteiger partial charge in [0.25, 0.3) is 0 Å². The van der Waals surface area contributed by atoms with Gasteiger partial charge in [-0.25, -0.2) is 0 Å². The van der Waals surface area contributed by atoms with Gasteiger partial charge >= 0.3 is 5.97 Å². The van der Waals surface area contributed by atoms with Gasteiger partial charge in [0.05, 0.1) is 7.11 Å². The summed E-state index contributed by atoms with van der Waals surface area (Å²) in [4.78, 5) is 22.9. The first-order valence-corrected chi connectivity index (χ1v) is 4.92. The summed E-state index contributed by atoms with van der Waals surface area (Å²) in [6.45, 7) is 3.64. The molecule has 0 heterocycles. The highest BCUT2D eigenvalue weighted by atomic mass is 16.5. The maximum absolute atomic E-state index is 11.5. The van der Waals surface area contributed by atoms with Gasteiger partial charge in [0.15, 0.2) is 0 Å². The van der Waals surface area contributed by atoms with Crippen molar-refractivity contribution in [3.8, 4) is 0 Å². The fourth-order valence-corrected chi connectivity index (χ4v) is 2.04. The number of ketones is 1. The van der Waals surface area contributed by atoms with Crippen molar-refractivity contribution < 1.29 is 14.3 Å².